The maximum atomic E-state index is 14.3. The lowest BCUT2D eigenvalue weighted by Crippen LogP contribution is -2.56. The van der Waals surface area contributed by atoms with Gasteiger partial charge in [-0.15, -0.1) is 0 Å². The van der Waals surface area contributed by atoms with Crippen molar-refractivity contribution < 1.29 is 27.6 Å². The summed E-state index contributed by atoms with van der Waals surface area (Å²) in [5.74, 6) is -0.539. The highest BCUT2D eigenvalue weighted by Crippen LogP contribution is 2.44. The Morgan fingerprint density at radius 3 is 2.55 bits per heavy atom. The van der Waals surface area contributed by atoms with Crippen molar-refractivity contribution in [2.24, 2.45) is 0 Å². The third kappa shape index (κ3) is 4.91. The topological polar surface area (TPSA) is 88.0 Å². The number of nitriles is 1. The Labute approximate surface area is 240 Å². The second-order valence-electron chi connectivity index (χ2n) is 10.9. The Hall–Kier alpha value is -4.59. The molecule has 8 nitrogen and oxygen atoms in total. The van der Waals surface area contributed by atoms with Gasteiger partial charge in [0.25, 0.3) is 0 Å². The summed E-state index contributed by atoms with van der Waals surface area (Å²) in [5, 5.41) is 9.31. The molecule has 2 aromatic rings. The number of halogens is 3. The number of anilines is 1. The number of benzene rings is 2. The summed E-state index contributed by atoms with van der Waals surface area (Å²) in [6, 6.07) is 11.4. The van der Waals surface area contributed by atoms with Crippen LogP contribution in [0.15, 0.2) is 71.6 Å². The largest absolute Gasteiger partial charge is 0.416 e. The molecule has 0 spiro atoms. The number of alkyl halides is 3. The molecule has 1 saturated heterocycles. The van der Waals surface area contributed by atoms with Crippen LogP contribution in [0.5, 0.6) is 0 Å². The lowest BCUT2D eigenvalue weighted by molar-refractivity contribution is -0.137. The fourth-order valence-electron chi connectivity index (χ4n) is 6.29. The lowest BCUT2D eigenvalue weighted by atomic mass is 9.83. The number of hydrogen-bond acceptors (Lipinski definition) is 5. The number of Topliss-reactive ketones (excluding diaryl/α,β-unsaturated/α-hetero) is 1. The minimum atomic E-state index is -4.63. The molecule has 0 bridgehead atoms. The predicted molar refractivity (Wildman–Crippen MR) is 147 cm³/mol. The van der Waals surface area contributed by atoms with Gasteiger partial charge < -0.3 is 14.7 Å². The summed E-state index contributed by atoms with van der Waals surface area (Å²) in [6.07, 6.45) is -0.654. The smallest absolute Gasteiger partial charge is 0.372 e. The van der Waals surface area contributed by atoms with Crippen molar-refractivity contribution in [3.8, 4) is 6.07 Å². The van der Waals surface area contributed by atoms with Crippen LogP contribution in [0, 0.1) is 11.3 Å². The summed E-state index contributed by atoms with van der Waals surface area (Å²) in [7, 11) is 0. The van der Waals surface area contributed by atoms with E-state index in [1.54, 1.807) is 29.2 Å². The third-order valence-electron chi connectivity index (χ3n) is 8.34. The Balaban J connectivity index is 1.45. The number of carbonyl (C=O) groups is 3. The number of hydrogen-bond donors (Lipinski definition) is 0. The lowest BCUT2D eigenvalue weighted by Gasteiger charge is -2.46. The van der Waals surface area contributed by atoms with Gasteiger partial charge in [0.2, 0.25) is 5.91 Å². The quantitative estimate of drug-likeness (QED) is 0.512. The molecule has 1 atom stereocenters. The molecule has 3 aliphatic heterocycles. The first-order chi connectivity index (χ1) is 20.2. The molecular weight excluding hydrogens is 547 g/mol. The van der Waals surface area contributed by atoms with Crippen LogP contribution in [0.1, 0.15) is 48.4 Å². The van der Waals surface area contributed by atoms with Crippen molar-refractivity contribution in [3.05, 3.63) is 88.3 Å². The van der Waals surface area contributed by atoms with Gasteiger partial charge in [0.1, 0.15) is 6.54 Å². The summed E-state index contributed by atoms with van der Waals surface area (Å²) in [6.45, 7) is 2.11. The van der Waals surface area contributed by atoms with E-state index in [1.807, 2.05) is 0 Å². The van der Waals surface area contributed by atoms with E-state index in [-0.39, 0.29) is 30.3 Å². The van der Waals surface area contributed by atoms with E-state index in [0.717, 1.165) is 30.8 Å². The molecule has 4 aliphatic rings. The maximum absolute atomic E-state index is 14.3. The standard InChI is InChI=1S/C31H28F3N5O3/c32-31(33,34)22-4-1-5-23(16-22)39-25-7-2-8-26(40)28(25)29(21-11-9-20(17-35)10-12-21)38(30(39)42)19-27(41)37-15-14-36-13-3-6-24(36)18-37/h1,4-6,9-12,16,29H,2-3,7-8,13-15,18-19H2. The van der Waals surface area contributed by atoms with Crippen molar-refractivity contribution in [1.29, 1.82) is 5.26 Å². The van der Waals surface area contributed by atoms with E-state index in [2.05, 4.69) is 17.0 Å². The molecule has 2 aromatic carbocycles. The number of fused-ring (bicyclic) bond motifs is 1. The molecule has 3 heterocycles. The number of piperazine rings is 1. The average molecular weight is 576 g/mol. The zero-order valence-corrected chi connectivity index (χ0v) is 22.7. The second kappa shape index (κ2) is 10.7. The molecule has 0 N–H and O–H groups in total. The van der Waals surface area contributed by atoms with E-state index in [9.17, 15) is 32.8 Å². The number of carbonyl (C=O) groups excluding carboxylic acids is 3. The van der Waals surface area contributed by atoms with E-state index >= 15 is 0 Å². The van der Waals surface area contributed by atoms with Crippen LogP contribution >= 0.6 is 0 Å². The molecule has 1 unspecified atom stereocenters. The van der Waals surface area contributed by atoms with Crippen molar-refractivity contribution in [3.63, 3.8) is 0 Å². The molecule has 11 heteroatoms. The summed E-state index contributed by atoms with van der Waals surface area (Å²) in [4.78, 5) is 48.0. The SMILES string of the molecule is N#Cc1ccc(C2C3=C(CCCC3=O)N(c3cccc(C(F)(F)F)c3)C(=O)N2CC(=O)N2CCN3CCC=C3C2)cc1. The molecule has 1 fully saturated rings. The van der Waals surface area contributed by atoms with E-state index < -0.39 is 23.8 Å². The first-order valence-corrected chi connectivity index (χ1v) is 13.9. The van der Waals surface area contributed by atoms with Gasteiger partial charge in [-0.25, -0.2) is 4.79 Å². The number of nitrogens with zero attached hydrogens (tertiary/aromatic N) is 5. The highest BCUT2D eigenvalue weighted by molar-refractivity contribution is 6.07. The number of amides is 3. The van der Waals surface area contributed by atoms with Crippen molar-refractivity contribution in [1.82, 2.24) is 14.7 Å². The van der Waals surface area contributed by atoms with Crippen LogP contribution < -0.4 is 4.90 Å². The number of ketones is 1. The Bertz CT molecular complexity index is 1560. The maximum Gasteiger partial charge on any atom is 0.416 e. The van der Waals surface area contributed by atoms with E-state index in [0.29, 0.717) is 54.9 Å². The highest BCUT2D eigenvalue weighted by Gasteiger charge is 2.46. The molecule has 6 rings (SSSR count). The molecule has 0 radical (unpaired) electrons. The summed E-state index contributed by atoms with van der Waals surface area (Å²) < 4.78 is 41.0. The molecule has 216 valence electrons. The van der Waals surface area contributed by atoms with Gasteiger partial charge in [0.15, 0.2) is 5.78 Å². The van der Waals surface area contributed by atoms with Crippen LogP contribution in [0.2, 0.25) is 0 Å². The molecule has 42 heavy (non-hydrogen) atoms. The molecule has 0 saturated carbocycles. The van der Waals surface area contributed by atoms with Gasteiger partial charge in [-0.1, -0.05) is 24.3 Å². The van der Waals surface area contributed by atoms with Gasteiger partial charge in [-0.2, -0.15) is 18.4 Å². The molecule has 0 aromatic heterocycles. The van der Waals surface area contributed by atoms with Crippen LogP contribution in [0.25, 0.3) is 0 Å². The van der Waals surface area contributed by atoms with Gasteiger partial charge in [-0.3, -0.25) is 14.5 Å². The number of urea groups is 1. The zero-order chi connectivity index (χ0) is 29.6. The Morgan fingerprint density at radius 1 is 1.02 bits per heavy atom. The minimum Gasteiger partial charge on any atom is -0.372 e. The van der Waals surface area contributed by atoms with E-state index in [1.165, 1.54) is 21.9 Å². The number of allylic oxidation sites excluding steroid dienone is 1. The molecule has 3 amide bonds. The monoisotopic (exact) mass is 575 g/mol. The minimum absolute atomic E-state index is 0.0162. The van der Waals surface area contributed by atoms with Crippen LogP contribution in [-0.4, -0.2) is 65.1 Å². The normalized spacial score (nSPS) is 20.8. The van der Waals surface area contributed by atoms with Crippen LogP contribution in [-0.2, 0) is 15.8 Å². The Morgan fingerprint density at radius 2 is 1.81 bits per heavy atom. The van der Waals surface area contributed by atoms with Gasteiger partial charge >= 0.3 is 12.2 Å². The van der Waals surface area contributed by atoms with Gasteiger partial charge in [0.05, 0.1) is 35.5 Å². The first kappa shape index (κ1) is 27.6. The Kier molecular flexibility index (Phi) is 7.01. The molecule has 1 aliphatic carbocycles. The van der Waals surface area contributed by atoms with Gasteiger partial charge in [0, 0.05) is 43.0 Å². The van der Waals surface area contributed by atoms with Gasteiger partial charge in [-0.05, 0) is 55.2 Å². The third-order valence-corrected chi connectivity index (χ3v) is 8.34. The summed E-state index contributed by atoms with van der Waals surface area (Å²) in [5.41, 5.74) is 1.69. The van der Waals surface area contributed by atoms with Crippen molar-refractivity contribution in [2.75, 3.05) is 37.6 Å². The molecular formula is C31H28F3N5O3. The average Bonchev–Trinajstić information content (AvgIpc) is 3.46. The first-order valence-electron chi connectivity index (χ1n) is 13.9. The fourth-order valence-corrected chi connectivity index (χ4v) is 6.29. The van der Waals surface area contributed by atoms with Crippen LogP contribution in [0.4, 0.5) is 23.7 Å². The zero-order valence-electron chi connectivity index (χ0n) is 22.7. The predicted octanol–water partition coefficient (Wildman–Crippen LogP) is 5.00. The number of rotatable bonds is 4. The highest BCUT2D eigenvalue weighted by atomic mass is 19.4. The summed E-state index contributed by atoms with van der Waals surface area (Å²) >= 11 is 0. The fraction of sp³-hybridized carbons (Fsp3) is 0.355. The second-order valence-corrected chi connectivity index (χ2v) is 10.9. The van der Waals surface area contributed by atoms with E-state index in [4.69, 9.17) is 0 Å². The van der Waals surface area contributed by atoms with Crippen molar-refractivity contribution in [2.45, 2.75) is 37.9 Å². The van der Waals surface area contributed by atoms with Crippen molar-refractivity contribution >= 4 is 23.4 Å². The van der Waals surface area contributed by atoms with Crippen LogP contribution in [0.3, 0.4) is 0 Å².